The summed E-state index contributed by atoms with van der Waals surface area (Å²) in [7, 11) is 1.39. The number of nitro groups is 1. The maximum absolute atomic E-state index is 10.9. The third-order valence-electron chi connectivity index (χ3n) is 2.65. The molecular weight excluding hydrogens is 250 g/mol. The van der Waals surface area contributed by atoms with Gasteiger partial charge in [-0.2, -0.15) is 0 Å². The fourth-order valence-corrected chi connectivity index (χ4v) is 1.76. The summed E-state index contributed by atoms with van der Waals surface area (Å²) in [5, 5.41) is 19.8. The molecule has 0 atom stereocenters. The smallest absolute Gasteiger partial charge is 0.311 e. The van der Waals surface area contributed by atoms with E-state index in [1.807, 2.05) is 0 Å². The molecule has 0 aliphatic rings. The van der Waals surface area contributed by atoms with E-state index in [2.05, 4.69) is 4.98 Å². The summed E-state index contributed by atoms with van der Waals surface area (Å²) in [5.41, 5.74) is 1.25. The fraction of sp³-hybridized carbons (Fsp3) is 0.250. The maximum Gasteiger partial charge on any atom is 0.311 e. The Balaban J connectivity index is 2.25. The van der Waals surface area contributed by atoms with Crippen LogP contribution in [0.4, 0.5) is 5.69 Å². The van der Waals surface area contributed by atoms with E-state index in [9.17, 15) is 10.1 Å². The molecule has 7 heteroatoms. The second-order valence-electron chi connectivity index (χ2n) is 3.96. The van der Waals surface area contributed by atoms with Crippen molar-refractivity contribution in [1.29, 1.82) is 0 Å². The number of nitrogens with zero attached hydrogens (tertiary/aromatic N) is 3. The zero-order valence-corrected chi connectivity index (χ0v) is 10.3. The molecule has 1 aromatic carbocycles. The zero-order chi connectivity index (χ0) is 13.8. The van der Waals surface area contributed by atoms with Crippen LogP contribution in [0.3, 0.4) is 0 Å². The lowest BCUT2D eigenvalue weighted by Crippen LogP contribution is -1.99. The highest BCUT2D eigenvalue weighted by Gasteiger charge is 2.15. The molecule has 0 fully saturated rings. The molecule has 0 saturated carbocycles. The number of rotatable bonds is 5. The molecule has 0 unspecified atom stereocenters. The number of hydrogen-bond acceptors (Lipinski definition) is 5. The van der Waals surface area contributed by atoms with Gasteiger partial charge < -0.3 is 14.4 Å². The molecule has 1 heterocycles. The van der Waals surface area contributed by atoms with Gasteiger partial charge in [0.15, 0.2) is 5.75 Å². The predicted molar refractivity (Wildman–Crippen MR) is 66.9 cm³/mol. The van der Waals surface area contributed by atoms with Gasteiger partial charge in [0, 0.05) is 18.8 Å². The lowest BCUT2D eigenvalue weighted by atomic mass is 10.2. The molecule has 2 aromatic rings. The van der Waals surface area contributed by atoms with Crippen molar-refractivity contribution in [3.63, 3.8) is 0 Å². The van der Waals surface area contributed by atoms with E-state index in [1.165, 1.54) is 13.2 Å². The van der Waals surface area contributed by atoms with Crippen LogP contribution >= 0.6 is 0 Å². The van der Waals surface area contributed by atoms with Crippen LogP contribution in [0.1, 0.15) is 11.3 Å². The second kappa shape index (κ2) is 5.49. The van der Waals surface area contributed by atoms with Crippen molar-refractivity contribution < 1.29 is 14.8 Å². The second-order valence-corrected chi connectivity index (χ2v) is 3.96. The Bertz CT molecular complexity index is 594. The Hall–Kier alpha value is -2.41. The van der Waals surface area contributed by atoms with Crippen LogP contribution in [0.25, 0.3) is 0 Å². The Morgan fingerprint density at radius 3 is 2.89 bits per heavy atom. The monoisotopic (exact) mass is 263 g/mol. The van der Waals surface area contributed by atoms with Crippen LogP contribution < -0.4 is 4.74 Å². The normalized spacial score (nSPS) is 10.4. The molecule has 0 bridgehead atoms. The third-order valence-corrected chi connectivity index (χ3v) is 2.65. The predicted octanol–water partition coefficient (Wildman–Crippen LogP) is 1.34. The van der Waals surface area contributed by atoms with Crippen molar-refractivity contribution in [2.75, 3.05) is 7.11 Å². The van der Waals surface area contributed by atoms with E-state index in [0.29, 0.717) is 12.2 Å². The molecule has 2 rings (SSSR count). The molecule has 0 amide bonds. The SMILES string of the molecule is COc1ccc(Cn2cnc(CO)c2)cc1[N+](=O)[O-]. The van der Waals surface area contributed by atoms with Crippen LogP contribution in [0.5, 0.6) is 5.75 Å². The number of methoxy groups -OCH3 is 1. The molecule has 7 nitrogen and oxygen atoms in total. The van der Waals surface area contributed by atoms with Crippen LogP contribution in [-0.2, 0) is 13.2 Å². The molecular formula is C12H13N3O4. The van der Waals surface area contributed by atoms with Crippen LogP contribution in [0.15, 0.2) is 30.7 Å². The topological polar surface area (TPSA) is 90.4 Å². The highest BCUT2D eigenvalue weighted by Crippen LogP contribution is 2.27. The van der Waals surface area contributed by atoms with Gasteiger partial charge in [0.1, 0.15) is 0 Å². The van der Waals surface area contributed by atoms with Gasteiger partial charge in [-0.3, -0.25) is 10.1 Å². The van der Waals surface area contributed by atoms with Crippen molar-refractivity contribution in [1.82, 2.24) is 9.55 Å². The van der Waals surface area contributed by atoms with E-state index < -0.39 is 4.92 Å². The maximum atomic E-state index is 10.9. The minimum Gasteiger partial charge on any atom is -0.490 e. The number of aliphatic hydroxyl groups is 1. The fourth-order valence-electron chi connectivity index (χ4n) is 1.76. The Labute approximate surface area is 109 Å². The summed E-state index contributed by atoms with van der Waals surface area (Å²) >= 11 is 0. The number of ether oxygens (including phenoxy) is 1. The third kappa shape index (κ3) is 2.89. The Kier molecular flexibility index (Phi) is 3.76. The van der Waals surface area contributed by atoms with Gasteiger partial charge in [-0.25, -0.2) is 4.98 Å². The first kappa shape index (κ1) is 13.0. The van der Waals surface area contributed by atoms with Crippen molar-refractivity contribution in [2.24, 2.45) is 0 Å². The first-order chi connectivity index (χ1) is 9.13. The van der Waals surface area contributed by atoms with Gasteiger partial charge >= 0.3 is 5.69 Å². The Morgan fingerprint density at radius 1 is 1.53 bits per heavy atom. The van der Waals surface area contributed by atoms with E-state index in [4.69, 9.17) is 9.84 Å². The van der Waals surface area contributed by atoms with Crippen molar-refractivity contribution in [3.05, 3.63) is 52.1 Å². The highest BCUT2D eigenvalue weighted by molar-refractivity contribution is 5.48. The van der Waals surface area contributed by atoms with Gasteiger partial charge in [-0.05, 0) is 11.6 Å². The number of nitro benzene ring substituents is 1. The van der Waals surface area contributed by atoms with Crippen molar-refractivity contribution >= 4 is 5.69 Å². The van der Waals surface area contributed by atoms with Crippen LogP contribution in [-0.4, -0.2) is 26.7 Å². The summed E-state index contributed by atoms with van der Waals surface area (Å²) in [5.74, 6) is 0.232. The highest BCUT2D eigenvalue weighted by atomic mass is 16.6. The lowest BCUT2D eigenvalue weighted by molar-refractivity contribution is -0.385. The summed E-state index contributed by atoms with van der Waals surface area (Å²) in [6.07, 6.45) is 3.26. The van der Waals surface area contributed by atoms with Gasteiger partial charge in [0.05, 0.1) is 30.7 Å². The molecule has 19 heavy (non-hydrogen) atoms. The van der Waals surface area contributed by atoms with Gasteiger partial charge in [-0.15, -0.1) is 0 Å². The first-order valence-electron chi connectivity index (χ1n) is 5.57. The lowest BCUT2D eigenvalue weighted by Gasteiger charge is -2.05. The number of aliphatic hydroxyl groups excluding tert-OH is 1. The average molecular weight is 263 g/mol. The van der Waals surface area contributed by atoms with E-state index in [0.717, 1.165) is 5.56 Å². The molecule has 100 valence electrons. The number of imidazole rings is 1. The van der Waals surface area contributed by atoms with E-state index in [-0.39, 0.29) is 18.0 Å². The molecule has 0 aliphatic heterocycles. The molecule has 1 aromatic heterocycles. The van der Waals surface area contributed by atoms with E-state index >= 15 is 0 Å². The molecule has 0 radical (unpaired) electrons. The summed E-state index contributed by atoms with van der Waals surface area (Å²) < 4.78 is 6.69. The number of benzene rings is 1. The summed E-state index contributed by atoms with van der Waals surface area (Å²) in [4.78, 5) is 14.4. The van der Waals surface area contributed by atoms with Gasteiger partial charge in [-0.1, -0.05) is 6.07 Å². The van der Waals surface area contributed by atoms with Crippen molar-refractivity contribution in [2.45, 2.75) is 13.2 Å². The zero-order valence-electron chi connectivity index (χ0n) is 10.3. The first-order valence-corrected chi connectivity index (χ1v) is 5.57. The quantitative estimate of drug-likeness (QED) is 0.649. The summed E-state index contributed by atoms with van der Waals surface area (Å²) in [6.45, 7) is 0.313. The molecule has 0 spiro atoms. The Morgan fingerprint density at radius 2 is 2.32 bits per heavy atom. The standard InChI is InChI=1S/C12H13N3O4/c1-19-12-3-2-9(4-11(12)15(17)18)5-14-6-10(7-16)13-8-14/h2-4,6,8,16H,5,7H2,1H3. The van der Waals surface area contributed by atoms with Crippen LogP contribution in [0, 0.1) is 10.1 Å². The van der Waals surface area contributed by atoms with Crippen LogP contribution in [0.2, 0.25) is 0 Å². The molecule has 0 aliphatic carbocycles. The number of hydrogen-bond donors (Lipinski definition) is 1. The number of aromatic nitrogens is 2. The average Bonchev–Trinajstić information content (AvgIpc) is 2.86. The largest absolute Gasteiger partial charge is 0.490 e. The summed E-state index contributed by atoms with van der Waals surface area (Å²) in [6, 6.07) is 4.79. The van der Waals surface area contributed by atoms with Gasteiger partial charge in [0.25, 0.3) is 0 Å². The molecule has 0 saturated heterocycles. The van der Waals surface area contributed by atoms with Gasteiger partial charge in [0.2, 0.25) is 0 Å². The minimum absolute atomic E-state index is 0.0671. The van der Waals surface area contributed by atoms with Crippen molar-refractivity contribution in [3.8, 4) is 5.75 Å². The van der Waals surface area contributed by atoms with E-state index in [1.54, 1.807) is 29.2 Å². The minimum atomic E-state index is -0.477. The molecule has 1 N–H and O–H groups in total.